The number of hydrogen-bond acceptors (Lipinski definition) is 3. The predicted octanol–water partition coefficient (Wildman–Crippen LogP) is 4.78. The van der Waals surface area contributed by atoms with Crippen LogP contribution in [0.2, 0.25) is 5.02 Å². The first kappa shape index (κ1) is 17.0. The van der Waals surface area contributed by atoms with Crippen LogP contribution in [0.15, 0.2) is 30.5 Å². The van der Waals surface area contributed by atoms with Crippen molar-refractivity contribution in [2.75, 3.05) is 26.2 Å². The summed E-state index contributed by atoms with van der Waals surface area (Å²) in [4.78, 5) is 6.79. The number of benzene rings is 1. The van der Waals surface area contributed by atoms with Gasteiger partial charge in [0, 0.05) is 16.6 Å². The zero-order valence-electron chi connectivity index (χ0n) is 13.5. The second-order valence-electron chi connectivity index (χ2n) is 5.41. The molecule has 0 spiro atoms. The molecule has 1 heterocycles. The molecule has 1 aromatic heterocycles. The van der Waals surface area contributed by atoms with E-state index in [0.717, 1.165) is 42.8 Å². The van der Waals surface area contributed by atoms with E-state index in [2.05, 4.69) is 23.7 Å². The van der Waals surface area contributed by atoms with Crippen molar-refractivity contribution < 1.29 is 4.74 Å². The number of nitrogens with zero attached hydrogens (tertiary/aromatic N) is 2. The Morgan fingerprint density at radius 1 is 1.09 bits per heavy atom. The van der Waals surface area contributed by atoms with Crippen molar-refractivity contribution in [3.05, 3.63) is 35.5 Å². The summed E-state index contributed by atoms with van der Waals surface area (Å²) in [5.41, 5.74) is 0.881. The van der Waals surface area contributed by atoms with Gasteiger partial charge in [-0.3, -0.25) is 4.98 Å². The van der Waals surface area contributed by atoms with Crippen LogP contribution < -0.4 is 4.74 Å². The molecule has 0 saturated heterocycles. The Kier molecular flexibility index (Phi) is 6.94. The van der Waals surface area contributed by atoms with Gasteiger partial charge in [0.1, 0.15) is 5.75 Å². The van der Waals surface area contributed by atoms with E-state index in [9.17, 15) is 0 Å². The quantitative estimate of drug-likeness (QED) is 0.622. The number of aromatic nitrogens is 1. The number of halogens is 1. The van der Waals surface area contributed by atoms with Gasteiger partial charge < -0.3 is 9.64 Å². The zero-order valence-corrected chi connectivity index (χ0v) is 14.3. The first-order chi connectivity index (χ1) is 10.7. The third-order valence-corrected chi connectivity index (χ3v) is 4.17. The van der Waals surface area contributed by atoms with E-state index in [1.165, 1.54) is 19.4 Å². The lowest BCUT2D eigenvalue weighted by Gasteiger charge is -2.17. The molecule has 0 N–H and O–H groups in total. The lowest BCUT2D eigenvalue weighted by Crippen LogP contribution is -2.23. The van der Waals surface area contributed by atoms with Gasteiger partial charge in [0.25, 0.3) is 0 Å². The molecule has 4 heteroatoms. The minimum atomic E-state index is 0.702. The number of pyridine rings is 1. The maximum Gasteiger partial charge on any atom is 0.130 e. The van der Waals surface area contributed by atoms with Crippen LogP contribution in [0.4, 0.5) is 0 Å². The first-order valence-electron chi connectivity index (χ1n) is 8.14. The highest BCUT2D eigenvalue weighted by Crippen LogP contribution is 2.26. The van der Waals surface area contributed by atoms with Gasteiger partial charge in [-0.25, -0.2) is 0 Å². The van der Waals surface area contributed by atoms with Crippen LogP contribution in [-0.2, 0) is 0 Å². The summed E-state index contributed by atoms with van der Waals surface area (Å²) in [6, 6.07) is 7.64. The monoisotopic (exact) mass is 320 g/mol. The zero-order chi connectivity index (χ0) is 15.8. The molecular formula is C18H25ClN2O. The summed E-state index contributed by atoms with van der Waals surface area (Å²) >= 11 is 6.00. The molecule has 3 nitrogen and oxygen atoms in total. The summed E-state index contributed by atoms with van der Waals surface area (Å²) < 4.78 is 5.92. The molecule has 0 amide bonds. The van der Waals surface area contributed by atoms with Crippen LogP contribution in [-0.4, -0.2) is 36.1 Å². The first-order valence-corrected chi connectivity index (χ1v) is 8.51. The molecule has 0 bridgehead atoms. The molecule has 0 aliphatic rings. The molecule has 2 aromatic rings. The lowest BCUT2D eigenvalue weighted by molar-refractivity contribution is 0.278. The van der Waals surface area contributed by atoms with Gasteiger partial charge in [-0.05, 0) is 63.2 Å². The third kappa shape index (κ3) is 4.85. The number of rotatable bonds is 9. The maximum atomic E-state index is 6.00. The van der Waals surface area contributed by atoms with Gasteiger partial charge in [-0.1, -0.05) is 25.4 Å². The fraction of sp³-hybridized carbons (Fsp3) is 0.500. The van der Waals surface area contributed by atoms with Crippen molar-refractivity contribution >= 4 is 22.5 Å². The fourth-order valence-electron chi connectivity index (χ4n) is 2.56. The van der Waals surface area contributed by atoms with Crippen molar-refractivity contribution in [2.45, 2.75) is 33.1 Å². The average Bonchev–Trinajstić information content (AvgIpc) is 2.54. The van der Waals surface area contributed by atoms with Crippen LogP contribution in [0.3, 0.4) is 0 Å². The van der Waals surface area contributed by atoms with E-state index in [-0.39, 0.29) is 0 Å². The molecule has 22 heavy (non-hydrogen) atoms. The number of fused-ring (bicyclic) bond motifs is 1. The Labute approximate surface area is 138 Å². The van der Waals surface area contributed by atoms with Crippen molar-refractivity contribution in [1.82, 2.24) is 9.88 Å². The largest absolute Gasteiger partial charge is 0.493 e. The number of hydrogen-bond donors (Lipinski definition) is 0. The second kappa shape index (κ2) is 8.96. The van der Waals surface area contributed by atoms with E-state index in [1.54, 1.807) is 6.20 Å². The average molecular weight is 321 g/mol. The summed E-state index contributed by atoms with van der Waals surface area (Å²) in [6.07, 6.45) is 5.29. The van der Waals surface area contributed by atoms with Crippen molar-refractivity contribution in [1.29, 1.82) is 0 Å². The Balaban J connectivity index is 1.78. The number of ether oxygens (including phenoxy) is 1. The van der Waals surface area contributed by atoms with Crippen LogP contribution >= 0.6 is 11.6 Å². The molecule has 1 aromatic carbocycles. The normalized spacial score (nSPS) is 11.3. The van der Waals surface area contributed by atoms with Gasteiger partial charge in [0.2, 0.25) is 0 Å². The predicted molar refractivity (Wildman–Crippen MR) is 93.9 cm³/mol. The van der Waals surface area contributed by atoms with Crippen LogP contribution in [0.25, 0.3) is 10.9 Å². The highest BCUT2D eigenvalue weighted by atomic mass is 35.5. The molecule has 2 rings (SSSR count). The van der Waals surface area contributed by atoms with Crippen LogP contribution in [0.1, 0.15) is 33.1 Å². The molecule has 0 radical (unpaired) electrons. The van der Waals surface area contributed by atoms with Gasteiger partial charge in [0.05, 0.1) is 12.1 Å². The van der Waals surface area contributed by atoms with E-state index >= 15 is 0 Å². The van der Waals surface area contributed by atoms with E-state index in [0.29, 0.717) is 5.02 Å². The van der Waals surface area contributed by atoms with Gasteiger partial charge >= 0.3 is 0 Å². The molecule has 0 atom stereocenters. The molecular weight excluding hydrogens is 296 g/mol. The van der Waals surface area contributed by atoms with E-state index in [4.69, 9.17) is 16.3 Å². The lowest BCUT2D eigenvalue weighted by atomic mass is 10.2. The summed E-state index contributed by atoms with van der Waals surface area (Å²) in [7, 11) is 0. The Morgan fingerprint density at radius 2 is 1.91 bits per heavy atom. The smallest absolute Gasteiger partial charge is 0.130 e. The molecule has 0 fully saturated rings. The maximum absolute atomic E-state index is 6.00. The van der Waals surface area contributed by atoms with E-state index < -0.39 is 0 Å². The fourth-order valence-corrected chi connectivity index (χ4v) is 2.72. The van der Waals surface area contributed by atoms with Crippen molar-refractivity contribution in [2.24, 2.45) is 0 Å². The third-order valence-electron chi connectivity index (χ3n) is 3.94. The van der Waals surface area contributed by atoms with Crippen molar-refractivity contribution in [3.63, 3.8) is 0 Å². The Morgan fingerprint density at radius 3 is 2.68 bits per heavy atom. The minimum absolute atomic E-state index is 0.702. The Bertz CT molecular complexity index is 584. The topological polar surface area (TPSA) is 25.4 Å². The highest BCUT2D eigenvalue weighted by molar-refractivity contribution is 6.31. The van der Waals surface area contributed by atoms with Crippen LogP contribution in [0.5, 0.6) is 5.75 Å². The molecule has 120 valence electrons. The van der Waals surface area contributed by atoms with Crippen LogP contribution in [0, 0.1) is 0 Å². The number of unbranched alkanes of at least 4 members (excludes halogenated alkanes) is 2. The van der Waals surface area contributed by atoms with Gasteiger partial charge in [-0.15, -0.1) is 0 Å². The summed E-state index contributed by atoms with van der Waals surface area (Å²) in [5.74, 6) is 0.894. The molecule has 0 saturated carbocycles. The SMILES string of the molecule is CCN(CC)CCCCCOc1ccnc2cc(Cl)ccc12. The minimum Gasteiger partial charge on any atom is -0.493 e. The van der Waals surface area contributed by atoms with Gasteiger partial charge in [-0.2, -0.15) is 0 Å². The summed E-state index contributed by atoms with van der Waals surface area (Å²) in [5, 5.41) is 1.73. The standard InChI is InChI=1S/C18H25ClN2O/c1-3-21(4-2)12-6-5-7-13-22-18-10-11-20-17-14-15(19)8-9-16(17)18/h8-11,14H,3-7,12-13H2,1-2H3. The highest BCUT2D eigenvalue weighted by Gasteiger charge is 2.04. The molecule has 0 aliphatic heterocycles. The van der Waals surface area contributed by atoms with Crippen molar-refractivity contribution in [3.8, 4) is 5.75 Å². The van der Waals surface area contributed by atoms with E-state index in [1.807, 2.05) is 24.3 Å². The summed E-state index contributed by atoms with van der Waals surface area (Å²) in [6.45, 7) is 8.64. The molecule has 0 aliphatic carbocycles. The molecule has 0 unspecified atom stereocenters. The second-order valence-corrected chi connectivity index (χ2v) is 5.84. The Hall–Kier alpha value is -1.32. The van der Waals surface area contributed by atoms with Gasteiger partial charge in [0.15, 0.2) is 0 Å².